The Bertz CT molecular complexity index is 810. The van der Waals surface area contributed by atoms with Crippen LogP contribution in [0.4, 0.5) is 0 Å². The predicted molar refractivity (Wildman–Crippen MR) is 103 cm³/mol. The van der Waals surface area contributed by atoms with Gasteiger partial charge >= 0.3 is 5.97 Å². The van der Waals surface area contributed by atoms with Crippen LogP contribution in [0.15, 0.2) is 24.3 Å². The monoisotopic (exact) mass is 373 g/mol. The predicted octanol–water partition coefficient (Wildman–Crippen LogP) is 3.76. The van der Waals surface area contributed by atoms with Crippen LogP contribution < -0.4 is 4.74 Å². The summed E-state index contributed by atoms with van der Waals surface area (Å²) in [6.07, 6.45) is 3.11. The van der Waals surface area contributed by atoms with Gasteiger partial charge in [0.1, 0.15) is 18.1 Å². The Morgan fingerprint density at radius 1 is 1.27 bits per heavy atom. The van der Waals surface area contributed by atoms with Crippen molar-refractivity contribution in [1.82, 2.24) is 4.98 Å². The van der Waals surface area contributed by atoms with E-state index in [1.807, 2.05) is 37.4 Å². The van der Waals surface area contributed by atoms with Crippen LogP contribution in [0.3, 0.4) is 0 Å². The molecule has 1 heterocycles. The van der Waals surface area contributed by atoms with Crippen LogP contribution in [-0.2, 0) is 11.2 Å². The molecule has 138 valence electrons. The summed E-state index contributed by atoms with van der Waals surface area (Å²) in [5.41, 5.74) is 3.69. The van der Waals surface area contributed by atoms with Gasteiger partial charge in [0.05, 0.1) is 7.11 Å². The Hall–Kier alpha value is -2.21. The molecule has 1 N–H and O–H groups in total. The molecule has 6 heteroatoms. The first-order valence-corrected chi connectivity index (χ1v) is 9.99. The Balaban J connectivity index is 1.82. The summed E-state index contributed by atoms with van der Waals surface area (Å²) in [5, 5.41) is 0. The second-order valence-electron chi connectivity index (χ2n) is 6.41. The number of ether oxygens (including phenoxy) is 2. The second kappa shape index (κ2) is 7.99. The molecule has 1 aliphatic rings. The fraction of sp³-hybridized carbons (Fsp3) is 0.400. The number of esters is 1. The molecule has 0 saturated carbocycles. The normalized spacial score (nSPS) is 16.3. The summed E-state index contributed by atoms with van der Waals surface area (Å²) in [4.78, 5) is 28.2. The molecule has 0 unspecified atom stereocenters. The lowest BCUT2D eigenvalue weighted by Crippen LogP contribution is -2.18. The highest BCUT2D eigenvalue weighted by molar-refractivity contribution is 7.98. The summed E-state index contributed by atoms with van der Waals surface area (Å²) in [5.74, 6) is 1.33. The van der Waals surface area contributed by atoms with Gasteiger partial charge in [-0.2, -0.15) is 11.8 Å². The number of rotatable bonds is 6. The number of H-pyrrole nitrogens is 1. The van der Waals surface area contributed by atoms with Gasteiger partial charge in [-0.15, -0.1) is 0 Å². The van der Waals surface area contributed by atoms with Crippen LogP contribution in [-0.4, -0.2) is 42.5 Å². The molecule has 26 heavy (non-hydrogen) atoms. The first kappa shape index (κ1) is 18.6. The third-order valence-corrected chi connectivity index (χ3v) is 5.38. The van der Waals surface area contributed by atoms with Crippen LogP contribution in [0, 0.1) is 6.92 Å². The number of aromatic amines is 1. The fourth-order valence-electron chi connectivity index (χ4n) is 3.44. The van der Waals surface area contributed by atoms with Gasteiger partial charge in [0.2, 0.25) is 0 Å². The van der Waals surface area contributed by atoms with Gasteiger partial charge in [-0.25, -0.2) is 4.79 Å². The van der Waals surface area contributed by atoms with Crippen LogP contribution >= 0.6 is 11.8 Å². The van der Waals surface area contributed by atoms with E-state index < -0.39 is 0 Å². The maximum absolute atomic E-state index is 12.7. The Morgan fingerprint density at radius 3 is 2.65 bits per heavy atom. The van der Waals surface area contributed by atoms with Gasteiger partial charge in [-0.3, -0.25) is 4.79 Å². The average molecular weight is 373 g/mol. The van der Waals surface area contributed by atoms with E-state index in [0.717, 1.165) is 22.8 Å². The molecule has 0 radical (unpaired) electrons. The number of hydrogen-bond donors (Lipinski definition) is 1. The molecule has 0 aliphatic heterocycles. The Kier molecular flexibility index (Phi) is 5.71. The van der Waals surface area contributed by atoms with Gasteiger partial charge < -0.3 is 14.5 Å². The number of thioether (sulfide) groups is 1. The molecule has 0 saturated heterocycles. The summed E-state index contributed by atoms with van der Waals surface area (Å²) in [6, 6.07) is 7.80. The first-order valence-electron chi connectivity index (χ1n) is 8.59. The third kappa shape index (κ3) is 3.65. The largest absolute Gasteiger partial charge is 0.497 e. The summed E-state index contributed by atoms with van der Waals surface area (Å²) in [6.45, 7) is 2.18. The van der Waals surface area contributed by atoms with Crippen molar-refractivity contribution in [3.05, 3.63) is 52.3 Å². The third-order valence-electron chi connectivity index (χ3n) is 4.80. The van der Waals surface area contributed by atoms with Crippen molar-refractivity contribution in [2.75, 3.05) is 25.7 Å². The van der Waals surface area contributed by atoms with Gasteiger partial charge in [0.15, 0.2) is 5.78 Å². The lowest BCUT2D eigenvalue weighted by Gasteiger charge is -2.22. The molecule has 0 amide bonds. The molecule has 2 aromatic rings. The number of Topliss-reactive ketones (excluding diaryl/α,β-unsaturated/α-hetero) is 1. The molecule has 1 atom stereocenters. The second-order valence-corrected chi connectivity index (χ2v) is 7.39. The smallest absolute Gasteiger partial charge is 0.355 e. The van der Waals surface area contributed by atoms with Crippen molar-refractivity contribution in [3.63, 3.8) is 0 Å². The number of benzene rings is 1. The highest BCUT2D eigenvalue weighted by Crippen LogP contribution is 2.35. The van der Waals surface area contributed by atoms with Crippen molar-refractivity contribution < 1.29 is 19.1 Å². The topological polar surface area (TPSA) is 68.4 Å². The zero-order valence-electron chi connectivity index (χ0n) is 15.3. The number of methoxy groups -OCH3 is 1. The van der Waals surface area contributed by atoms with E-state index >= 15 is 0 Å². The van der Waals surface area contributed by atoms with E-state index in [0.29, 0.717) is 36.3 Å². The van der Waals surface area contributed by atoms with E-state index in [1.165, 1.54) is 0 Å². The standard InChI is InChI=1S/C20H23NO4S/c1-12-18-16(21-19(12)20(23)25-8-9-26-3)10-14(11-17(18)22)13-4-6-15(24-2)7-5-13/h4-7,14,21H,8-11H2,1-3H3/t14-/m1/s1. The highest BCUT2D eigenvalue weighted by Gasteiger charge is 2.32. The molecule has 1 aromatic carbocycles. The van der Waals surface area contributed by atoms with Crippen LogP contribution in [0.5, 0.6) is 5.75 Å². The van der Waals surface area contributed by atoms with Gasteiger partial charge in [-0.05, 0) is 48.8 Å². The first-order chi connectivity index (χ1) is 12.5. The molecular weight excluding hydrogens is 350 g/mol. The Morgan fingerprint density at radius 2 is 2.00 bits per heavy atom. The molecule has 0 spiro atoms. The molecule has 0 bridgehead atoms. The van der Waals surface area contributed by atoms with Crippen molar-refractivity contribution in [1.29, 1.82) is 0 Å². The van der Waals surface area contributed by atoms with Crippen molar-refractivity contribution in [2.24, 2.45) is 0 Å². The number of nitrogens with one attached hydrogen (secondary N) is 1. The van der Waals surface area contributed by atoms with E-state index in [1.54, 1.807) is 18.9 Å². The van der Waals surface area contributed by atoms with E-state index in [-0.39, 0.29) is 17.7 Å². The lowest BCUT2D eigenvalue weighted by atomic mass is 9.81. The van der Waals surface area contributed by atoms with Crippen molar-refractivity contribution >= 4 is 23.5 Å². The minimum Gasteiger partial charge on any atom is -0.497 e. The number of fused-ring (bicyclic) bond motifs is 1. The van der Waals surface area contributed by atoms with E-state index in [2.05, 4.69) is 4.98 Å². The van der Waals surface area contributed by atoms with Crippen LogP contribution in [0.25, 0.3) is 0 Å². The Labute approximate surface area is 157 Å². The minimum absolute atomic E-state index is 0.0731. The lowest BCUT2D eigenvalue weighted by molar-refractivity contribution is 0.0523. The fourth-order valence-corrected chi connectivity index (χ4v) is 3.69. The van der Waals surface area contributed by atoms with Crippen molar-refractivity contribution in [2.45, 2.75) is 25.7 Å². The summed E-state index contributed by atoms with van der Waals surface area (Å²) in [7, 11) is 1.63. The zero-order chi connectivity index (χ0) is 18.7. The van der Waals surface area contributed by atoms with Gasteiger partial charge in [-0.1, -0.05) is 12.1 Å². The molecular formula is C20H23NO4S. The number of carbonyl (C=O) groups is 2. The molecule has 3 rings (SSSR count). The maximum atomic E-state index is 12.7. The van der Waals surface area contributed by atoms with E-state index in [4.69, 9.17) is 9.47 Å². The minimum atomic E-state index is -0.389. The van der Waals surface area contributed by atoms with Crippen molar-refractivity contribution in [3.8, 4) is 5.75 Å². The summed E-state index contributed by atoms with van der Waals surface area (Å²) >= 11 is 1.62. The number of hydrogen-bond acceptors (Lipinski definition) is 5. The quantitative estimate of drug-likeness (QED) is 0.617. The maximum Gasteiger partial charge on any atom is 0.355 e. The molecule has 1 aromatic heterocycles. The molecule has 5 nitrogen and oxygen atoms in total. The summed E-state index contributed by atoms with van der Waals surface area (Å²) < 4.78 is 10.5. The highest BCUT2D eigenvalue weighted by atomic mass is 32.2. The SMILES string of the molecule is COc1ccc([C@H]2CC(=O)c3c([nH]c(C(=O)OCCSC)c3C)C2)cc1. The molecule has 1 aliphatic carbocycles. The van der Waals surface area contributed by atoms with E-state index in [9.17, 15) is 9.59 Å². The van der Waals surface area contributed by atoms with Crippen LogP contribution in [0.2, 0.25) is 0 Å². The van der Waals surface area contributed by atoms with Gasteiger partial charge in [0, 0.05) is 23.4 Å². The average Bonchev–Trinajstić information content (AvgIpc) is 2.99. The number of carbonyl (C=O) groups excluding carboxylic acids is 2. The zero-order valence-corrected chi connectivity index (χ0v) is 16.1. The number of ketones is 1. The van der Waals surface area contributed by atoms with Crippen LogP contribution in [0.1, 0.15) is 50.0 Å². The number of aromatic nitrogens is 1. The van der Waals surface area contributed by atoms with Gasteiger partial charge in [0.25, 0.3) is 0 Å². The molecule has 0 fully saturated rings.